The smallest absolute Gasteiger partial charge is 0.244 e. The van der Waals surface area contributed by atoms with Gasteiger partial charge in [0.25, 0.3) is 0 Å². The molecule has 5 nitrogen and oxygen atoms in total. The molecule has 0 radical (unpaired) electrons. The molecule has 1 atom stereocenters. The summed E-state index contributed by atoms with van der Waals surface area (Å²) >= 11 is 0. The molecule has 1 aliphatic rings. The number of likely N-dealkylation sites (N-methyl/N-ethyl adjacent to an activating group) is 1. The summed E-state index contributed by atoms with van der Waals surface area (Å²) in [7, 11) is 0. The van der Waals surface area contributed by atoms with Crippen molar-refractivity contribution >= 4 is 11.8 Å². The maximum atomic E-state index is 12.5. The predicted octanol–water partition coefficient (Wildman–Crippen LogP) is 0.474. The molecule has 0 aromatic heterocycles. The van der Waals surface area contributed by atoms with Gasteiger partial charge in [-0.3, -0.25) is 9.59 Å². The van der Waals surface area contributed by atoms with Crippen LogP contribution in [0.4, 0.5) is 0 Å². The van der Waals surface area contributed by atoms with E-state index in [1.807, 2.05) is 38.1 Å². The fraction of sp³-hybridized carbons (Fsp3) is 0.500. The number of carbonyl (C=O) groups is 2. The van der Waals surface area contributed by atoms with Crippen LogP contribution < -0.4 is 10.6 Å². The van der Waals surface area contributed by atoms with Crippen molar-refractivity contribution < 1.29 is 9.59 Å². The average Bonchev–Trinajstić information content (AvgIpc) is 2.50. The summed E-state index contributed by atoms with van der Waals surface area (Å²) in [5.74, 6) is -0.0708. The zero-order valence-corrected chi connectivity index (χ0v) is 12.7. The normalized spacial score (nSPS) is 18.4. The molecule has 1 fully saturated rings. The van der Waals surface area contributed by atoms with Gasteiger partial charge < -0.3 is 15.5 Å². The van der Waals surface area contributed by atoms with Gasteiger partial charge in [-0.1, -0.05) is 29.8 Å². The third kappa shape index (κ3) is 4.04. The summed E-state index contributed by atoms with van der Waals surface area (Å²) in [6.07, 6.45) is 0.343. The molecular formula is C16H23N3O2. The van der Waals surface area contributed by atoms with Crippen LogP contribution in [0.3, 0.4) is 0 Å². The van der Waals surface area contributed by atoms with Gasteiger partial charge in [0, 0.05) is 26.2 Å². The molecular weight excluding hydrogens is 266 g/mol. The molecule has 1 aliphatic heterocycles. The molecule has 2 rings (SSSR count). The summed E-state index contributed by atoms with van der Waals surface area (Å²) in [6.45, 7) is 6.31. The number of hydrogen-bond donors (Lipinski definition) is 2. The maximum Gasteiger partial charge on any atom is 0.244 e. The zero-order chi connectivity index (χ0) is 15.2. The second kappa shape index (κ2) is 7.22. The standard InChI is InChI=1S/C16H23N3O2/c1-3-18-16(21)14-11-17-8-9-19(14)15(20)10-13-6-4-12(2)5-7-13/h4-7,14,17H,3,8-11H2,1-2H3,(H,18,21). The highest BCUT2D eigenvalue weighted by Gasteiger charge is 2.31. The van der Waals surface area contributed by atoms with Crippen LogP contribution in [-0.2, 0) is 16.0 Å². The second-order valence-corrected chi connectivity index (χ2v) is 5.36. The van der Waals surface area contributed by atoms with Crippen LogP contribution in [0.5, 0.6) is 0 Å². The molecule has 1 heterocycles. The summed E-state index contributed by atoms with van der Waals surface area (Å²) in [6, 6.07) is 7.53. The Morgan fingerprint density at radius 2 is 2.05 bits per heavy atom. The molecule has 1 aromatic rings. The van der Waals surface area contributed by atoms with E-state index < -0.39 is 6.04 Å². The number of nitrogens with one attached hydrogen (secondary N) is 2. The number of hydrogen-bond acceptors (Lipinski definition) is 3. The highest BCUT2D eigenvalue weighted by molar-refractivity contribution is 5.88. The number of rotatable bonds is 4. The van der Waals surface area contributed by atoms with Crippen LogP contribution in [0.2, 0.25) is 0 Å². The average molecular weight is 289 g/mol. The summed E-state index contributed by atoms with van der Waals surface area (Å²) in [4.78, 5) is 26.3. The van der Waals surface area contributed by atoms with E-state index in [0.29, 0.717) is 26.1 Å². The number of benzene rings is 1. The Morgan fingerprint density at radius 1 is 1.33 bits per heavy atom. The number of carbonyl (C=O) groups excluding carboxylic acids is 2. The maximum absolute atomic E-state index is 12.5. The number of aryl methyl sites for hydroxylation is 1. The molecule has 1 unspecified atom stereocenters. The molecule has 1 saturated heterocycles. The van der Waals surface area contributed by atoms with Gasteiger partial charge in [0.1, 0.15) is 6.04 Å². The van der Waals surface area contributed by atoms with E-state index in [0.717, 1.165) is 12.1 Å². The van der Waals surface area contributed by atoms with E-state index in [-0.39, 0.29) is 11.8 Å². The van der Waals surface area contributed by atoms with Crippen molar-refractivity contribution in [1.82, 2.24) is 15.5 Å². The van der Waals surface area contributed by atoms with Crippen LogP contribution >= 0.6 is 0 Å². The molecule has 0 spiro atoms. The highest BCUT2D eigenvalue weighted by Crippen LogP contribution is 2.10. The highest BCUT2D eigenvalue weighted by atomic mass is 16.2. The first-order valence-electron chi connectivity index (χ1n) is 7.45. The number of amides is 2. The number of piperazine rings is 1. The van der Waals surface area contributed by atoms with E-state index >= 15 is 0 Å². The lowest BCUT2D eigenvalue weighted by Crippen LogP contribution is -2.59. The lowest BCUT2D eigenvalue weighted by atomic mass is 10.1. The summed E-state index contributed by atoms with van der Waals surface area (Å²) in [5, 5.41) is 5.97. The van der Waals surface area contributed by atoms with Crippen LogP contribution in [0.15, 0.2) is 24.3 Å². The molecule has 0 saturated carbocycles. The molecule has 114 valence electrons. The van der Waals surface area contributed by atoms with Gasteiger partial charge in [0.05, 0.1) is 6.42 Å². The van der Waals surface area contributed by atoms with Gasteiger partial charge in [0.15, 0.2) is 0 Å². The summed E-state index contributed by atoms with van der Waals surface area (Å²) in [5.41, 5.74) is 2.16. The molecule has 2 amide bonds. The summed E-state index contributed by atoms with van der Waals surface area (Å²) < 4.78 is 0. The van der Waals surface area contributed by atoms with Gasteiger partial charge in [-0.15, -0.1) is 0 Å². The van der Waals surface area contributed by atoms with Crippen molar-refractivity contribution in [3.8, 4) is 0 Å². The largest absolute Gasteiger partial charge is 0.355 e. The van der Waals surface area contributed by atoms with Crippen molar-refractivity contribution in [3.63, 3.8) is 0 Å². The second-order valence-electron chi connectivity index (χ2n) is 5.36. The van der Waals surface area contributed by atoms with Gasteiger partial charge in [-0.05, 0) is 19.4 Å². The Kier molecular flexibility index (Phi) is 5.33. The van der Waals surface area contributed by atoms with E-state index in [1.165, 1.54) is 5.56 Å². The fourth-order valence-corrected chi connectivity index (χ4v) is 2.51. The van der Waals surface area contributed by atoms with E-state index in [2.05, 4.69) is 10.6 Å². The molecule has 0 aliphatic carbocycles. The first kappa shape index (κ1) is 15.5. The third-order valence-corrected chi connectivity index (χ3v) is 3.69. The van der Waals surface area contributed by atoms with Gasteiger partial charge in [-0.25, -0.2) is 0 Å². The van der Waals surface area contributed by atoms with Crippen molar-refractivity contribution in [3.05, 3.63) is 35.4 Å². The molecule has 2 N–H and O–H groups in total. The lowest BCUT2D eigenvalue weighted by molar-refractivity contribution is -0.141. The topological polar surface area (TPSA) is 61.4 Å². The molecule has 0 bridgehead atoms. The number of nitrogens with zero attached hydrogens (tertiary/aromatic N) is 1. The fourth-order valence-electron chi connectivity index (χ4n) is 2.51. The Hall–Kier alpha value is -1.88. The Labute approximate surface area is 125 Å². The van der Waals surface area contributed by atoms with E-state index in [1.54, 1.807) is 4.90 Å². The SMILES string of the molecule is CCNC(=O)C1CNCCN1C(=O)Cc1ccc(C)cc1. The van der Waals surface area contributed by atoms with E-state index in [4.69, 9.17) is 0 Å². The monoisotopic (exact) mass is 289 g/mol. The van der Waals surface area contributed by atoms with Crippen LogP contribution in [0.25, 0.3) is 0 Å². The van der Waals surface area contributed by atoms with Gasteiger partial charge >= 0.3 is 0 Å². The van der Waals surface area contributed by atoms with Crippen molar-refractivity contribution in [2.24, 2.45) is 0 Å². The minimum absolute atomic E-state index is 0.0107. The quantitative estimate of drug-likeness (QED) is 0.847. The van der Waals surface area contributed by atoms with Crippen molar-refractivity contribution in [2.45, 2.75) is 26.3 Å². The van der Waals surface area contributed by atoms with Crippen molar-refractivity contribution in [1.29, 1.82) is 0 Å². The first-order chi connectivity index (χ1) is 10.1. The third-order valence-electron chi connectivity index (χ3n) is 3.69. The molecule has 21 heavy (non-hydrogen) atoms. The minimum Gasteiger partial charge on any atom is -0.355 e. The minimum atomic E-state index is -0.406. The molecule has 1 aromatic carbocycles. The van der Waals surface area contributed by atoms with E-state index in [9.17, 15) is 9.59 Å². The van der Waals surface area contributed by atoms with Crippen molar-refractivity contribution in [2.75, 3.05) is 26.2 Å². The van der Waals surface area contributed by atoms with Gasteiger partial charge in [-0.2, -0.15) is 0 Å². The predicted molar refractivity (Wildman–Crippen MR) is 81.9 cm³/mol. The van der Waals surface area contributed by atoms with Crippen LogP contribution in [-0.4, -0.2) is 48.9 Å². The first-order valence-corrected chi connectivity index (χ1v) is 7.45. The lowest BCUT2D eigenvalue weighted by Gasteiger charge is -2.35. The van der Waals surface area contributed by atoms with Crippen LogP contribution in [0.1, 0.15) is 18.1 Å². The molecule has 5 heteroatoms. The Balaban J connectivity index is 2.04. The Bertz CT molecular complexity index is 499. The zero-order valence-electron chi connectivity index (χ0n) is 12.7. The van der Waals surface area contributed by atoms with Gasteiger partial charge in [0.2, 0.25) is 11.8 Å². The Morgan fingerprint density at radius 3 is 2.71 bits per heavy atom. The van der Waals surface area contributed by atoms with Crippen LogP contribution in [0, 0.1) is 6.92 Å².